The van der Waals surface area contributed by atoms with Gasteiger partial charge in [0.1, 0.15) is 13.2 Å². The summed E-state index contributed by atoms with van der Waals surface area (Å²) < 4.78 is 16.9. The summed E-state index contributed by atoms with van der Waals surface area (Å²) in [6.45, 7) is 6.52. The highest BCUT2D eigenvalue weighted by atomic mass is 16.6. The van der Waals surface area contributed by atoms with Crippen LogP contribution in [0.15, 0.2) is 85.1 Å². The summed E-state index contributed by atoms with van der Waals surface area (Å²) in [6.07, 6.45) is 82.9. The molecule has 432 valence electrons. The maximum atomic E-state index is 12.9. The summed E-state index contributed by atoms with van der Waals surface area (Å²) >= 11 is 0. The molecule has 0 aliphatic heterocycles. The largest absolute Gasteiger partial charge is 0.462 e. The molecule has 0 saturated carbocycles. The molecule has 6 nitrogen and oxygen atoms in total. The predicted octanol–water partition coefficient (Wildman–Crippen LogP) is 21.9. The van der Waals surface area contributed by atoms with Crippen LogP contribution in [0.3, 0.4) is 0 Å². The van der Waals surface area contributed by atoms with Crippen molar-refractivity contribution in [2.24, 2.45) is 0 Å². The number of unbranched alkanes of at least 4 members (excludes halogenated alkanes) is 33. The van der Waals surface area contributed by atoms with Gasteiger partial charge in [0, 0.05) is 19.3 Å². The van der Waals surface area contributed by atoms with Gasteiger partial charge >= 0.3 is 17.9 Å². The van der Waals surface area contributed by atoms with Crippen molar-refractivity contribution in [2.45, 2.75) is 322 Å². The van der Waals surface area contributed by atoms with Gasteiger partial charge in [-0.25, -0.2) is 0 Å². The summed E-state index contributed by atoms with van der Waals surface area (Å²) in [5.74, 6) is -0.886. The average molecular weight is 1050 g/mol. The summed E-state index contributed by atoms with van der Waals surface area (Å²) in [5, 5.41) is 0. The second kappa shape index (κ2) is 63.1. The number of rotatable bonds is 58. The fourth-order valence-corrected chi connectivity index (χ4v) is 9.09. The first-order valence-corrected chi connectivity index (χ1v) is 32.1. The molecule has 0 aliphatic carbocycles. The zero-order valence-corrected chi connectivity index (χ0v) is 49.6. The van der Waals surface area contributed by atoms with E-state index in [1.165, 1.54) is 161 Å². The fourth-order valence-electron chi connectivity index (χ4n) is 9.09. The molecule has 0 spiro atoms. The van der Waals surface area contributed by atoms with Crippen LogP contribution >= 0.6 is 0 Å². The molecular weight excluding hydrogens is 925 g/mol. The molecule has 1 unspecified atom stereocenters. The van der Waals surface area contributed by atoms with E-state index in [9.17, 15) is 14.4 Å². The Morgan fingerprint density at radius 3 is 0.840 bits per heavy atom. The molecule has 0 N–H and O–H groups in total. The Labute approximate surface area is 465 Å². The standard InChI is InChI=1S/C69H120O6/c1-4-7-10-13-16-19-22-25-28-30-31-32-33-34-35-36-37-39-41-44-47-50-53-56-59-62-68(71)74-65-66(64-73-67(70)61-58-55-52-49-46-43-40-27-24-21-18-15-12-9-6-3)75-69(72)63-60-57-54-51-48-45-42-38-29-26-23-20-17-14-11-8-5-2/h7,10,16,18-19,21,25,27-28,31-32,34-35,40,66H,4-6,8-9,11-15,17,20,22-24,26,29-30,33,36-39,41-65H2,1-3H3/b10-7-,19-16-,21-18-,28-25-,32-31-,35-34-,40-27-. The highest BCUT2D eigenvalue weighted by Crippen LogP contribution is 2.17. The van der Waals surface area contributed by atoms with Gasteiger partial charge in [-0.15, -0.1) is 0 Å². The SMILES string of the molecule is CC/C=C\C/C=C\C/C=C\C/C=C\C/C=C\CCCCCCCCCCCC(=O)OCC(COC(=O)CCCCCCC/C=C\C/C=C\CCCCC)OC(=O)CCCCCCCCCCCCCCCCCCC. The van der Waals surface area contributed by atoms with Gasteiger partial charge in [-0.1, -0.05) is 286 Å². The van der Waals surface area contributed by atoms with E-state index in [-0.39, 0.29) is 31.1 Å². The molecule has 1 atom stereocenters. The number of allylic oxidation sites excluding steroid dienone is 14. The molecule has 0 saturated heterocycles. The van der Waals surface area contributed by atoms with E-state index in [4.69, 9.17) is 14.2 Å². The average Bonchev–Trinajstić information content (AvgIpc) is 3.41. The van der Waals surface area contributed by atoms with Gasteiger partial charge in [0.25, 0.3) is 0 Å². The molecule has 0 rings (SSSR count). The van der Waals surface area contributed by atoms with Crippen molar-refractivity contribution in [3.8, 4) is 0 Å². The summed E-state index contributed by atoms with van der Waals surface area (Å²) in [6, 6.07) is 0. The molecule has 75 heavy (non-hydrogen) atoms. The lowest BCUT2D eigenvalue weighted by atomic mass is 10.0. The van der Waals surface area contributed by atoms with E-state index in [0.717, 1.165) is 116 Å². The Balaban J connectivity index is 4.35. The Hall–Kier alpha value is -3.41. The molecular formula is C69H120O6. The first-order valence-electron chi connectivity index (χ1n) is 32.1. The minimum absolute atomic E-state index is 0.0817. The van der Waals surface area contributed by atoms with Crippen LogP contribution in [0, 0.1) is 0 Å². The van der Waals surface area contributed by atoms with Crippen LogP contribution in [0.1, 0.15) is 316 Å². The third-order valence-electron chi connectivity index (χ3n) is 13.9. The van der Waals surface area contributed by atoms with Gasteiger partial charge in [0.15, 0.2) is 6.10 Å². The molecule has 0 bridgehead atoms. The number of ether oxygens (including phenoxy) is 3. The smallest absolute Gasteiger partial charge is 0.306 e. The molecule has 6 heteroatoms. The van der Waals surface area contributed by atoms with E-state index < -0.39 is 6.10 Å². The van der Waals surface area contributed by atoms with Gasteiger partial charge in [0.2, 0.25) is 0 Å². The van der Waals surface area contributed by atoms with Crippen LogP contribution in [0.25, 0.3) is 0 Å². The predicted molar refractivity (Wildman–Crippen MR) is 325 cm³/mol. The lowest BCUT2D eigenvalue weighted by Gasteiger charge is -2.18. The third kappa shape index (κ3) is 61.3. The monoisotopic (exact) mass is 1040 g/mol. The highest BCUT2D eigenvalue weighted by molar-refractivity contribution is 5.71. The maximum absolute atomic E-state index is 12.9. The molecule has 0 fully saturated rings. The number of carbonyl (C=O) groups excluding carboxylic acids is 3. The lowest BCUT2D eigenvalue weighted by Crippen LogP contribution is -2.30. The number of hydrogen-bond acceptors (Lipinski definition) is 6. The Kier molecular flexibility index (Phi) is 60.3. The molecule has 0 amide bonds. The lowest BCUT2D eigenvalue weighted by molar-refractivity contribution is -0.167. The number of hydrogen-bond donors (Lipinski definition) is 0. The van der Waals surface area contributed by atoms with Gasteiger partial charge in [-0.3, -0.25) is 14.4 Å². The summed E-state index contributed by atoms with van der Waals surface area (Å²) in [5.41, 5.74) is 0. The highest BCUT2D eigenvalue weighted by Gasteiger charge is 2.19. The normalized spacial score (nSPS) is 12.6. The van der Waals surface area contributed by atoms with Crippen molar-refractivity contribution >= 4 is 17.9 Å². The fraction of sp³-hybridized carbons (Fsp3) is 0.754. The number of esters is 3. The summed E-state index contributed by atoms with van der Waals surface area (Å²) in [7, 11) is 0. The van der Waals surface area contributed by atoms with Crippen LogP contribution in [0.4, 0.5) is 0 Å². The minimum Gasteiger partial charge on any atom is -0.462 e. The van der Waals surface area contributed by atoms with Crippen LogP contribution in [0.2, 0.25) is 0 Å². The van der Waals surface area contributed by atoms with Crippen LogP contribution in [-0.4, -0.2) is 37.2 Å². The Morgan fingerprint density at radius 1 is 0.280 bits per heavy atom. The van der Waals surface area contributed by atoms with Crippen molar-refractivity contribution < 1.29 is 28.6 Å². The van der Waals surface area contributed by atoms with Crippen molar-refractivity contribution in [3.05, 3.63) is 85.1 Å². The summed E-state index contributed by atoms with van der Waals surface area (Å²) in [4.78, 5) is 38.3. The molecule has 0 aromatic carbocycles. The molecule has 0 aromatic rings. The van der Waals surface area contributed by atoms with Crippen LogP contribution in [-0.2, 0) is 28.6 Å². The number of carbonyl (C=O) groups is 3. The molecule has 0 radical (unpaired) electrons. The van der Waals surface area contributed by atoms with Crippen LogP contribution < -0.4 is 0 Å². The van der Waals surface area contributed by atoms with Crippen molar-refractivity contribution in [2.75, 3.05) is 13.2 Å². The maximum Gasteiger partial charge on any atom is 0.306 e. The van der Waals surface area contributed by atoms with E-state index in [1.807, 2.05) is 0 Å². The quantitative estimate of drug-likeness (QED) is 0.0261. The first kappa shape index (κ1) is 71.6. The molecule has 0 aliphatic rings. The zero-order valence-electron chi connectivity index (χ0n) is 49.6. The minimum atomic E-state index is -0.784. The van der Waals surface area contributed by atoms with E-state index in [2.05, 4.69) is 106 Å². The van der Waals surface area contributed by atoms with Gasteiger partial charge in [-0.2, -0.15) is 0 Å². The second-order valence-corrected chi connectivity index (χ2v) is 21.3. The third-order valence-corrected chi connectivity index (χ3v) is 13.9. The van der Waals surface area contributed by atoms with E-state index in [1.54, 1.807) is 0 Å². The Bertz CT molecular complexity index is 1430. The van der Waals surface area contributed by atoms with Gasteiger partial charge in [-0.05, 0) is 96.3 Å². The molecule has 0 heterocycles. The van der Waals surface area contributed by atoms with Crippen molar-refractivity contribution in [3.63, 3.8) is 0 Å². The van der Waals surface area contributed by atoms with Crippen molar-refractivity contribution in [1.29, 1.82) is 0 Å². The van der Waals surface area contributed by atoms with E-state index in [0.29, 0.717) is 19.3 Å². The Morgan fingerprint density at radius 2 is 0.520 bits per heavy atom. The molecule has 0 aromatic heterocycles. The van der Waals surface area contributed by atoms with Gasteiger partial charge in [0.05, 0.1) is 0 Å². The van der Waals surface area contributed by atoms with Gasteiger partial charge < -0.3 is 14.2 Å². The van der Waals surface area contributed by atoms with E-state index >= 15 is 0 Å². The first-order chi connectivity index (χ1) is 37.0. The van der Waals surface area contributed by atoms with Crippen LogP contribution in [0.5, 0.6) is 0 Å². The zero-order chi connectivity index (χ0) is 54.3. The topological polar surface area (TPSA) is 78.9 Å². The second-order valence-electron chi connectivity index (χ2n) is 21.3. The van der Waals surface area contributed by atoms with Crippen molar-refractivity contribution in [1.82, 2.24) is 0 Å².